The van der Waals surface area contributed by atoms with Crippen molar-refractivity contribution in [1.82, 2.24) is 4.90 Å². The molecule has 2 amide bonds. The van der Waals surface area contributed by atoms with Crippen molar-refractivity contribution in [3.63, 3.8) is 0 Å². The fourth-order valence-electron chi connectivity index (χ4n) is 3.78. The number of sulfonamides is 1. The molecule has 9 nitrogen and oxygen atoms in total. The molecule has 2 aliphatic heterocycles. The first-order valence-corrected chi connectivity index (χ1v) is 11.9. The number of hydrogen-bond donors (Lipinski definition) is 2. The second-order valence-electron chi connectivity index (χ2n) is 7.83. The number of nitrogens with zero attached hydrogens (tertiary/aromatic N) is 1. The average Bonchev–Trinajstić information content (AvgIpc) is 3.04. The number of carbonyl (C=O) groups excluding carboxylic acids is 2. The second kappa shape index (κ2) is 9.07. The van der Waals surface area contributed by atoms with E-state index < -0.39 is 15.9 Å². The van der Waals surface area contributed by atoms with Crippen LogP contribution >= 0.6 is 0 Å². The van der Waals surface area contributed by atoms with E-state index in [4.69, 9.17) is 15.2 Å². The van der Waals surface area contributed by atoms with E-state index in [0.717, 1.165) is 6.42 Å². The molecule has 0 saturated carbocycles. The first kappa shape index (κ1) is 21.9. The molecular weight excluding hydrogens is 434 g/mol. The van der Waals surface area contributed by atoms with Gasteiger partial charge in [-0.25, -0.2) is 8.42 Å². The third-order valence-corrected chi connectivity index (χ3v) is 6.90. The van der Waals surface area contributed by atoms with Gasteiger partial charge in [0.2, 0.25) is 5.91 Å². The lowest BCUT2D eigenvalue weighted by Gasteiger charge is -2.31. The van der Waals surface area contributed by atoms with Gasteiger partial charge in [-0.1, -0.05) is 0 Å². The Hall–Kier alpha value is -3.27. The maximum atomic E-state index is 12.8. The summed E-state index contributed by atoms with van der Waals surface area (Å²) in [5.74, 6) is -0.0490. The van der Waals surface area contributed by atoms with E-state index in [1.807, 2.05) is 0 Å². The third kappa shape index (κ3) is 4.80. The number of rotatable bonds is 5. The molecule has 2 aliphatic rings. The van der Waals surface area contributed by atoms with Crippen LogP contribution in [0.2, 0.25) is 0 Å². The molecule has 4 rings (SSSR count). The molecule has 3 N–H and O–H groups in total. The first-order valence-electron chi connectivity index (χ1n) is 10.4. The Bertz CT molecular complexity index is 1120. The number of primary amides is 1. The van der Waals surface area contributed by atoms with Gasteiger partial charge in [-0.2, -0.15) is 0 Å². The number of amides is 2. The largest absolute Gasteiger partial charge is 0.490 e. The van der Waals surface area contributed by atoms with Crippen LogP contribution in [-0.2, 0) is 14.8 Å². The lowest BCUT2D eigenvalue weighted by atomic mass is 9.97. The SMILES string of the molecule is NC(=O)[C@@H]1CCCN(C(=O)c2ccc(NS(=O)(=O)c3ccc4c(c3)OCCCO4)cc2)C1. The van der Waals surface area contributed by atoms with Crippen LogP contribution in [0, 0.1) is 5.92 Å². The number of piperidine rings is 1. The molecule has 0 radical (unpaired) electrons. The smallest absolute Gasteiger partial charge is 0.262 e. The van der Waals surface area contributed by atoms with Crippen LogP contribution in [0.1, 0.15) is 29.6 Å². The van der Waals surface area contributed by atoms with E-state index in [1.54, 1.807) is 23.1 Å². The summed E-state index contributed by atoms with van der Waals surface area (Å²) in [4.78, 5) is 25.9. The average molecular weight is 460 g/mol. The van der Waals surface area contributed by atoms with Crippen LogP contribution < -0.4 is 19.9 Å². The molecular formula is C22H25N3O6S. The quantitative estimate of drug-likeness (QED) is 0.704. The minimum atomic E-state index is -3.86. The molecule has 1 saturated heterocycles. The second-order valence-corrected chi connectivity index (χ2v) is 9.52. The minimum absolute atomic E-state index is 0.0488. The highest BCUT2D eigenvalue weighted by Crippen LogP contribution is 2.32. The number of carbonyl (C=O) groups is 2. The summed E-state index contributed by atoms with van der Waals surface area (Å²) < 4.78 is 39.2. The number of benzene rings is 2. The van der Waals surface area contributed by atoms with Crippen LogP contribution in [0.5, 0.6) is 11.5 Å². The molecule has 1 atom stereocenters. The summed E-state index contributed by atoms with van der Waals surface area (Å²) in [5.41, 5.74) is 6.12. The van der Waals surface area contributed by atoms with E-state index in [2.05, 4.69) is 4.72 Å². The van der Waals surface area contributed by atoms with Gasteiger partial charge in [-0.15, -0.1) is 0 Å². The van der Waals surface area contributed by atoms with Crippen molar-refractivity contribution in [3.05, 3.63) is 48.0 Å². The van der Waals surface area contributed by atoms with Gasteiger partial charge < -0.3 is 20.1 Å². The van der Waals surface area contributed by atoms with Crippen LogP contribution in [0.15, 0.2) is 47.4 Å². The lowest BCUT2D eigenvalue weighted by molar-refractivity contribution is -0.123. The Morgan fingerprint density at radius 2 is 1.72 bits per heavy atom. The van der Waals surface area contributed by atoms with Crippen molar-refractivity contribution in [2.24, 2.45) is 11.7 Å². The van der Waals surface area contributed by atoms with Gasteiger partial charge in [0.15, 0.2) is 11.5 Å². The Kier molecular flexibility index (Phi) is 6.22. The van der Waals surface area contributed by atoms with Crippen LogP contribution in [0.3, 0.4) is 0 Å². The Labute approximate surface area is 186 Å². The Morgan fingerprint density at radius 3 is 2.44 bits per heavy atom. The molecule has 0 spiro atoms. The third-order valence-electron chi connectivity index (χ3n) is 5.52. The van der Waals surface area contributed by atoms with Crippen LogP contribution in [-0.4, -0.2) is 51.4 Å². The van der Waals surface area contributed by atoms with E-state index in [1.165, 1.54) is 24.3 Å². The molecule has 170 valence electrons. The summed E-state index contributed by atoms with van der Waals surface area (Å²) in [7, 11) is -3.86. The van der Waals surface area contributed by atoms with Gasteiger partial charge in [0.25, 0.3) is 15.9 Å². The summed E-state index contributed by atoms with van der Waals surface area (Å²) in [6, 6.07) is 10.7. The fraction of sp³-hybridized carbons (Fsp3) is 0.364. The number of anilines is 1. The summed E-state index contributed by atoms with van der Waals surface area (Å²) >= 11 is 0. The highest BCUT2D eigenvalue weighted by atomic mass is 32.2. The number of nitrogens with one attached hydrogen (secondary N) is 1. The highest BCUT2D eigenvalue weighted by molar-refractivity contribution is 7.92. The predicted molar refractivity (Wildman–Crippen MR) is 117 cm³/mol. The summed E-state index contributed by atoms with van der Waals surface area (Å²) in [5, 5.41) is 0. The molecule has 32 heavy (non-hydrogen) atoms. The van der Waals surface area contributed by atoms with Crippen molar-refractivity contribution in [1.29, 1.82) is 0 Å². The van der Waals surface area contributed by atoms with Gasteiger partial charge in [-0.05, 0) is 49.2 Å². The fourth-order valence-corrected chi connectivity index (χ4v) is 4.86. The Balaban J connectivity index is 1.46. The number of fused-ring (bicyclic) bond motifs is 1. The number of ether oxygens (including phenoxy) is 2. The van der Waals surface area contributed by atoms with E-state index in [0.29, 0.717) is 61.9 Å². The molecule has 0 aliphatic carbocycles. The topological polar surface area (TPSA) is 128 Å². The normalized spacial score (nSPS) is 18.5. The van der Waals surface area contributed by atoms with E-state index >= 15 is 0 Å². The molecule has 0 aromatic heterocycles. The number of nitrogens with two attached hydrogens (primary N) is 1. The van der Waals surface area contributed by atoms with Crippen molar-refractivity contribution in [2.75, 3.05) is 31.0 Å². The zero-order valence-electron chi connectivity index (χ0n) is 17.5. The maximum absolute atomic E-state index is 12.8. The molecule has 2 aromatic rings. The highest BCUT2D eigenvalue weighted by Gasteiger charge is 2.27. The number of likely N-dealkylation sites (tertiary alicyclic amines) is 1. The van der Waals surface area contributed by atoms with Crippen LogP contribution in [0.25, 0.3) is 0 Å². The molecule has 2 aromatic carbocycles. The van der Waals surface area contributed by atoms with Gasteiger partial charge in [0.05, 0.1) is 24.0 Å². The Morgan fingerprint density at radius 1 is 1.00 bits per heavy atom. The van der Waals surface area contributed by atoms with E-state index in [-0.39, 0.29) is 16.7 Å². The number of hydrogen-bond acceptors (Lipinski definition) is 6. The lowest BCUT2D eigenvalue weighted by Crippen LogP contribution is -2.44. The van der Waals surface area contributed by atoms with Crippen molar-refractivity contribution in [3.8, 4) is 11.5 Å². The molecule has 10 heteroatoms. The minimum Gasteiger partial charge on any atom is -0.490 e. The molecule has 1 fully saturated rings. The zero-order valence-corrected chi connectivity index (χ0v) is 18.3. The predicted octanol–water partition coefficient (Wildman–Crippen LogP) is 1.99. The molecule has 0 unspecified atom stereocenters. The standard InChI is InChI=1S/C22H25N3O6S/c23-21(26)16-3-1-10-25(14-16)22(27)15-4-6-17(7-5-15)24-32(28,29)18-8-9-19-20(13-18)31-12-2-11-30-19/h4-9,13,16,24H,1-3,10-12,14H2,(H2,23,26)/t16-/m1/s1. The summed E-state index contributed by atoms with van der Waals surface area (Å²) in [6.45, 7) is 1.83. The van der Waals surface area contributed by atoms with E-state index in [9.17, 15) is 18.0 Å². The monoisotopic (exact) mass is 459 g/mol. The van der Waals surface area contributed by atoms with Gasteiger partial charge in [0.1, 0.15) is 0 Å². The van der Waals surface area contributed by atoms with Gasteiger partial charge in [0, 0.05) is 36.8 Å². The van der Waals surface area contributed by atoms with Crippen molar-refractivity contribution >= 4 is 27.5 Å². The summed E-state index contributed by atoms with van der Waals surface area (Å²) in [6.07, 6.45) is 2.12. The van der Waals surface area contributed by atoms with Crippen molar-refractivity contribution in [2.45, 2.75) is 24.2 Å². The van der Waals surface area contributed by atoms with Gasteiger partial charge in [-0.3, -0.25) is 14.3 Å². The van der Waals surface area contributed by atoms with Crippen molar-refractivity contribution < 1.29 is 27.5 Å². The molecule has 0 bridgehead atoms. The zero-order chi connectivity index (χ0) is 22.7. The first-order chi connectivity index (χ1) is 15.3. The maximum Gasteiger partial charge on any atom is 0.262 e. The molecule has 2 heterocycles. The van der Waals surface area contributed by atoms with Gasteiger partial charge >= 0.3 is 0 Å². The van der Waals surface area contributed by atoms with Crippen LogP contribution in [0.4, 0.5) is 5.69 Å².